The Morgan fingerprint density at radius 2 is 2.00 bits per heavy atom. The first-order valence-electron chi connectivity index (χ1n) is 3.79. The van der Waals surface area contributed by atoms with Crippen molar-refractivity contribution >= 4 is 6.09 Å². The van der Waals surface area contributed by atoms with E-state index in [1.165, 1.54) is 12.1 Å². The van der Waals surface area contributed by atoms with Gasteiger partial charge in [-0.1, -0.05) is 18.2 Å². The Morgan fingerprint density at radius 3 is 2.15 bits per heavy atom. The molecule has 0 saturated heterocycles. The van der Waals surface area contributed by atoms with E-state index in [4.69, 9.17) is 0 Å². The number of hydrogen-bond donors (Lipinski definition) is 1. The molecule has 1 amide bonds. The van der Waals surface area contributed by atoms with Crippen LogP contribution in [-0.2, 0) is 4.74 Å². The van der Waals surface area contributed by atoms with Gasteiger partial charge < -0.3 is 10.5 Å². The predicted octanol–water partition coefficient (Wildman–Crippen LogP) is 1.93. The Morgan fingerprint density at radius 1 is 1.46 bits per heavy atom. The molecule has 0 saturated carbocycles. The second kappa shape index (κ2) is 7.09. The van der Waals surface area contributed by atoms with Crippen LogP contribution < -0.4 is 5.73 Å². The summed E-state index contributed by atoms with van der Waals surface area (Å²) in [7, 11) is 0. The number of primary amides is 1. The molecule has 0 spiro atoms. The van der Waals surface area contributed by atoms with E-state index in [0.717, 1.165) is 0 Å². The lowest BCUT2D eigenvalue weighted by atomic mass is 10.4. The Kier molecular flexibility index (Phi) is 6.23. The zero-order chi connectivity index (χ0) is 10.1. The standard InChI is InChI=1S/C6H5F.C3H7NO2/c7-6-4-2-1-3-5-6;1-2-6-3(4)5/h1-5H;2H2,1H3,(H2,4,5). The van der Waals surface area contributed by atoms with Gasteiger partial charge in [-0.15, -0.1) is 0 Å². The highest BCUT2D eigenvalue weighted by atomic mass is 19.1. The Hall–Kier alpha value is -1.58. The van der Waals surface area contributed by atoms with Crippen LogP contribution in [0, 0.1) is 5.82 Å². The summed E-state index contributed by atoms with van der Waals surface area (Å²) in [6, 6.07) is 7.94. The number of carbonyl (C=O) groups is 1. The van der Waals surface area contributed by atoms with E-state index in [1.807, 2.05) is 0 Å². The molecule has 0 aromatic heterocycles. The summed E-state index contributed by atoms with van der Waals surface area (Å²) < 4.78 is 16.1. The monoisotopic (exact) mass is 185 g/mol. The number of amides is 1. The molecule has 2 N–H and O–H groups in total. The van der Waals surface area contributed by atoms with Gasteiger partial charge in [0, 0.05) is 0 Å². The summed E-state index contributed by atoms with van der Waals surface area (Å²) >= 11 is 0. The molecule has 4 heteroatoms. The van der Waals surface area contributed by atoms with E-state index in [9.17, 15) is 9.18 Å². The third-order valence-corrected chi connectivity index (χ3v) is 1.02. The molecular formula is C9H12FNO2. The fourth-order valence-corrected chi connectivity index (χ4v) is 0.557. The van der Waals surface area contributed by atoms with Crippen molar-refractivity contribution in [1.29, 1.82) is 0 Å². The minimum absolute atomic E-state index is 0.178. The van der Waals surface area contributed by atoms with Crippen molar-refractivity contribution < 1.29 is 13.9 Å². The van der Waals surface area contributed by atoms with Crippen LogP contribution in [0.1, 0.15) is 6.92 Å². The SMILES string of the molecule is CCOC(N)=O.Fc1ccccc1. The second-order valence-corrected chi connectivity index (χ2v) is 2.05. The lowest BCUT2D eigenvalue weighted by Gasteiger charge is -1.89. The maximum atomic E-state index is 11.9. The van der Waals surface area contributed by atoms with E-state index in [0.29, 0.717) is 6.61 Å². The second-order valence-electron chi connectivity index (χ2n) is 2.05. The summed E-state index contributed by atoms with van der Waals surface area (Å²) in [5.74, 6) is -0.178. The Balaban J connectivity index is 0.000000226. The van der Waals surface area contributed by atoms with Crippen molar-refractivity contribution in [3.63, 3.8) is 0 Å². The van der Waals surface area contributed by atoms with Crippen LogP contribution in [0.3, 0.4) is 0 Å². The van der Waals surface area contributed by atoms with Crippen molar-refractivity contribution in [2.24, 2.45) is 5.73 Å². The molecule has 1 aromatic carbocycles. The summed E-state index contributed by atoms with van der Waals surface area (Å²) in [5.41, 5.74) is 4.54. The van der Waals surface area contributed by atoms with Crippen molar-refractivity contribution in [2.75, 3.05) is 6.61 Å². The predicted molar refractivity (Wildman–Crippen MR) is 47.6 cm³/mol. The number of rotatable bonds is 1. The van der Waals surface area contributed by atoms with Crippen LogP contribution in [0.5, 0.6) is 0 Å². The first kappa shape index (κ1) is 11.4. The molecule has 0 aliphatic rings. The molecule has 3 nitrogen and oxygen atoms in total. The van der Waals surface area contributed by atoms with Crippen molar-refractivity contribution in [3.05, 3.63) is 36.1 Å². The number of nitrogens with two attached hydrogens (primary N) is 1. The van der Waals surface area contributed by atoms with Crippen molar-refractivity contribution in [1.82, 2.24) is 0 Å². The summed E-state index contributed by atoms with van der Waals surface area (Å²) in [6.07, 6.45) is -0.711. The highest BCUT2D eigenvalue weighted by molar-refractivity contribution is 5.64. The van der Waals surface area contributed by atoms with Crippen LogP contribution in [0.25, 0.3) is 0 Å². The van der Waals surface area contributed by atoms with Crippen molar-refractivity contribution in [3.8, 4) is 0 Å². The van der Waals surface area contributed by atoms with Crippen molar-refractivity contribution in [2.45, 2.75) is 6.92 Å². The van der Waals surface area contributed by atoms with Gasteiger partial charge in [-0.2, -0.15) is 0 Å². The van der Waals surface area contributed by atoms with Gasteiger partial charge >= 0.3 is 6.09 Å². The quantitative estimate of drug-likeness (QED) is 0.726. The van der Waals surface area contributed by atoms with Gasteiger partial charge in [-0.25, -0.2) is 9.18 Å². The van der Waals surface area contributed by atoms with E-state index in [2.05, 4.69) is 10.5 Å². The molecule has 0 unspecified atom stereocenters. The van der Waals surface area contributed by atoms with Crippen LogP contribution in [0.2, 0.25) is 0 Å². The molecule has 0 radical (unpaired) electrons. The summed E-state index contributed by atoms with van der Waals surface area (Å²) in [4.78, 5) is 9.60. The average molecular weight is 185 g/mol. The molecule has 13 heavy (non-hydrogen) atoms. The fourth-order valence-electron chi connectivity index (χ4n) is 0.557. The third-order valence-electron chi connectivity index (χ3n) is 1.02. The lowest BCUT2D eigenvalue weighted by Crippen LogP contribution is -2.11. The van der Waals surface area contributed by atoms with Crippen LogP contribution in [0.15, 0.2) is 30.3 Å². The maximum Gasteiger partial charge on any atom is 0.404 e. The van der Waals surface area contributed by atoms with Crippen LogP contribution in [0.4, 0.5) is 9.18 Å². The van der Waals surface area contributed by atoms with E-state index >= 15 is 0 Å². The normalized spacial score (nSPS) is 8.15. The van der Waals surface area contributed by atoms with Crippen LogP contribution in [-0.4, -0.2) is 12.7 Å². The van der Waals surface area contributed by atoms with E-state index in [-0.39, 0.29) is 5.82 Å². The number of benzene rings is 1. The molecule has 0 atom stereocenters. The number of ether oxygens (including phenoxy) is 1. The molecule has 1 aromatic rings. The van der Waals surface area contributed by atoms with E-state index in [1.54, 1.807) is 25.1 Å². The Labute approximate surface area is 76.3 Å². The number of hydrogen-bond acceptors (Lipinski definition) is 2. The third kappa shape index (κ3) is 8.33. The average Bonchev–Trinajstić information content (AvgIpc) is 2.06. The minimum atomic E-state index is -0.711. The van der Waals surface area contributed by atoms with Gasteiger partial charge in [-0.3, -0.25) is 0 Å². The summed E-state index contributed by atoms with van der Waals surface area (Å²) in [6.45, 7) is 2.06. The van der Waals surface area contributed by atoms with Gasteiger partial charge in [0.15, 0.2) is 0 Å². The molecule has 0 heterocycles. The van der Waals surface area contributed by atoms with Gasteiger partial charge in [0.1, 0.15) is 5.82 Å². The Bertz CT molecular complexity index is 239. The lowest BCUT2D eigenvalue weighted by molar-refractivity contribution is 0.163. The highest BCUT2D eigenvalue weighted by Gasteiger charge is 1.82. The zero-order valence-corrected chi connectivity index (χ0v) is 7.37. The molecule has 72 valence electrons. The smallest absolute Gasteiger partial charge is 0.404 e. The van der Waals surface area contributed by atoms with Gasteiger partial charge in [0.05, 0.1) is 6.61 Å². The first-order chi connectivity index (χ1) is 6.16. The molecule has 1 rings (SSSR count). The van der Waals surface area contributed by atoms with Gasteiger partial charge in [-0.05, 0) is 19.1 Å². The van der Waals surface area contributed by atoms with Gasteiger partial charge in [0.2, 0.25) is 0 Å². The minimum Gasteiger partial charge on any atom is -0.450 e. The molecule has 0 aliphatic heterocycles. The maximum absolute atomic E-state index is 11.9. The fraction of sp³-hybridized carbons (Fsp3) is 0.222. The largest absolute Gasteiger partial charge is 0.450 e. The summed E-state index contributed by atoms with van der Waals surface area (Å²) in [5, 5.41) is 0. The van der Waals surface area contributed by atoms with Gasteiger partial charge in [0.25, 0.3) is 0 Å². The number of carbonyl (C=O) groups excluding carboxylic acids is 1. The number of halogens is 1. The molecule has 0 aliphatic carbocycles. The molecular weight excluding hydrogens is 173 g/mol. The van der Waals surface area contributed by atoms with E-state index < -0.39 is 6.09 Å². The zero-order valence-electron chi connectivity index (χ0n) is 7.37. The van der Waals surface area contributed by atoms with Crippen LogP contribution >= 0.6 is 0 Å². The molecule has 0 fully saturated rings. The highest BCUT2D eigenvalue weighted by Crippen LogP contribution is 1.91. The molecule has 0 bridgehead atoms. The first-order valence-corrected chi connectivity index (χ1v) is 3.79. The topological polar surface area (TPSA) is 52.3 Å².